The molecule has 0 bridgehead atoms. The van der Waals surface area contributed by atoms with Crippen LogP contribution in [-0.4, -0.2) is 56.2 Å². The Morgan fingerprint density at radius 1 is 1.19 bits per heavy atom. The predicted molar refractivity (Wildman–Crippen MR) is 108 cm³/mol. The van der Waals surface area contributed by atoms with Gasteiger partial charge in [0.25, 0.3) is 5.19 Å². The summed E-state index contributed by atoms with van der Waals surface area (Å²) in [5.41, 5.74) is -0.791. The normalized spacial score (nSPS) is 11.4. The number of hydrogen-bond acceptors (Lipinski definition) is 10. The van der Waals surface area contributed by atoms with Crippen molar-refractivity contribution < 1.29 is 32.2 Å². The van der Waals surface area contributed by atoms with Crippen LogP contribution in [0.2, 0.25) is 0 Å². The van der Waals surface area contributed by atoms with E-state index in [2.05, 4.69) is 41.5 Å². The number of tetrazole rings is 1. The van der Waals surface area contributed by atoms with Crippen molar-refractivity contribution in [3.05, 3.63) is 28.2 Å². The van der Waals surface area contributed by atoms with E-state index in [1.54, 1.807) is 6.92 Å². The summed E-state index contributed by atoms with van der Waals surface area (Å²) in [5.74, 6) is -0.216. The van der Waals surface area contributed by atoms with E-state index in [0.717, 1.165) is 28.3 Å². The number of rotatable bonds is 10. The molecule has 0 fully saturated rings. The number of carbonyl (C=O) groups is 1. The number of aromatic nitrogens is 6. The third kappa shape index (κ3) is 6.59. The summed E-state index contributed by atoms with van der Waals surface area (Å²) in [6.45, 7) is 2.10. The molecule has 172 valence electrons. The fourth-order valence-electron chi connectivity index (χ4n) is 2.27. The molecule has 3 rings (SSSR count). The zero-order chi connectivity index (χ0) is 23.1. The lowest BCUT2D eigenvalue weighted by Crippen LogP contribution is -2.15. The SMILES string of the molecule is CCOC(=O)Cn1nnc(-c2nnc(OCCCOc3cc(C(F)(F)F)ccc3Br)s2)n1. The minimum Gasteiger partial charge on any atom is -0.492 e. The highest BCUT2D eigenvalue weighted by atomic mass is 79.9. The Labute approximate surface area is 191 Å². The smallest absolute Gasteiger partial charge is 0.416 e. The van der Waals surface area contributed by atoms with Gasteiger partial charge in [0.2, 0.25) is 5.82 Å². The highest BCUT2D eigenvalue weighted by Gasteiger charge is 2.31. The summed E-state index contributed by atoms with van der Waals surface area (Å²) in [6.07, 6.45) is -4.05. The average molecular weight is 537 g/mol. The quantitative estimate of drug-likeness (QED) is 0.284. The first-order valence-electron chi connectivity index (χ1n) is 9.16. The van der Waals surface area contributed by atoms with Crippen molar-refractivity contribution in [3.8, 4) is 21.8 Å². The summed E-state index contributed by atoms with van der Waals surface area (Å²) in [7, 11) is 0. The Balaban J connectivity index is 1.46. The first-order valence-corrected chi connectivity index (χ1v) is 10.8. The minimum absolute atomic E-state index is 0.0926. The van der Waals surface area contributed by atoms with Gasteiger partial charge in [-0.15, -0.1) is 15.3 Å². The minimum atomic E-state index is -4.45. The van der Waals surface area contributed by atoms with Crippen LogP contribution in [0.3, 0.4) is 0 Å². The van der Waals surface area contributed by atoms with E-state index in [-0.39, 0.29) is 43.1 Å². The van der Waals surface area contributed by atoms with E-state index in [9.17, 15) is 18.0 Å². The summed E-state index contributed by atoms with van der Waals surface area (Å²) in [5, 5.41) is 20.0. The number of alkyl halides is 3. The standard InChI is InChI=1S/C17H16BrF3N6O4S/c1-2-29-13(28)9-27-25-14(22-26-27)15-23-24-16(32-15)31-7-3-6-30-12-8-10(17(19,20)21)4-5-11(12)18/h4-5,8H,2-3,6-7,9H2,1H3. The van der Waals surface area contributed by atoms with Gasteiger partial charge in [-0.25, -0.2) is 4.79 Å². The third-order valence-corrected chi connectivity index (χ3v) is 5.14. The Bertz CT molecular complexity index is 1060. The molecule has 0 N–H and O–H groups in total. The lowest BCUT2D eigenvalue weighted by Gasteiger charge is -2.12. The Morgan fingerprint density at radius 3 is 2.72 bits per heavy atom. The first-order chi connectivity index (χ1) is 15.3. The lowest BCUT2D eigenvalue weighted by molar-refractivity contribution is -0.144. The second-order valence-electron chi connectivity index (χ2n) is 6.02. The van der Waals surface area contributed by atoms with Crippen LogP contribution in [0.5, 0.6) is 10.9 Å². The average Bonchev–Trinajstić information content (AvgIpc) is 3.38. The molecule has 1 aromatic carbocycles. The molecule has 0 aliphatic carbocycles. The zero-order valence-electron chi connectivity index (χ0n) is 16.5. The second-order valence-corrected chi connectivity index (χ2v) is 7.81. The molecule has 0 aliphatic rings. The molecule has 15 heteroatoms. The van der Waals surface area contributed by atoms with Gasteiger partial charge < -0.3 is 14.2 Å². The first kappa shape index (κ1) is 23.8. The molecule has 0 saturated carbocycles. The van der Waals surface area contributed by atoms with Gasteiger partial charge >= 0.3 is 12.1 Å². The van der Waals surface area contributed by atoms with Gasteiger partial charge in [0, 0.05) is 6.42 Å². The van der Waals surface area contributed by atoms with Crippen molar-refractivity contribution >= 4 is 33.2 Å². The summed E-state index contributed by atoms with van der Waals surface area (Å²) >= 11 is 4.24. The van der Waals surface area contributed by atoms with Gasteiger partial charge in [-0.2, -0.15) is 18.0 Å². The number of nitrogens with zero attached hydrogens (tertiary/aromatic N) is 6. The van der Waals surface area contributed by atoms with Crippen molar-refractivity contribution in [3.63, 3.8) is 0 Å². The fourth-order valence-corrected chi connectivity index (χ4v) is 3.27. The molecule has 0 atom stereocenters. The third-order valence-electron chi connectivity index (χ3n) is 3.66. The number of halogens is 4. The molecule has 0 unspecified atom stereocenters. The van der Waals surface area contributed by atoms with Crippen LogP contribution in [0, 0.1) is 0 Å². The van der Waals surface area contributed by atoms with Crippen molar-refractivity contribution in [1.82, 2.24) is 30.4 Å². The van der Waals surface area contributed by atoms with Gasteiger partial charge in [-0.1, -0.05) is 16.4 Å². The monoisotopic (exact) mass is 536 g/mol. The van der Waals surface area contributed by atoms with Gasteiger partial charge in [-0.05, 0) is 46.3 Å². The van der Waals surface area contributed by atoms with E-state index in [1.165, 1.54) is 6.07 Å². The Hall–Kier alpha value is -2.81. The molecule has 0 aliphatic heterocycles. The Morgan fingerprint density at radius 2 is 1.97 bits per heavy atom. The van der Waals surface area contributed by atoms with Crippen molar-refractivity contribution in [2.24, 2.45) is 0 Å². The summed E-state index contributed by atoms with van der Waals surface area (Å²) < 4.78 is 54.5. The molecule has 0 spiro atoms. The van der Waals surface area contributed by atoms with Gasteiger partial charge in [0.05, 0.1) is 29.9 Å². The highest BCUT2D eigenvalue weighted by Crippen LogP contribution is 2.35. The Kier molecular flexibility index (Phi) is 7.95. The molecule has 2 heterocycles. The van der Waals surface area contributed by atoms with Crippen molar-refractivity contribution in [2.75, 3.05) is 19.8 Å². The van der Waals surface area contributed by atoms with Crippen LogP contribution in [0.1, 0.15) is 18.9 Å². The molecular weight excluding hydrogens is 521 g/mol. The van der Waals surface area contributed by atoms with Gasteiger partial charge in [0.1, 0.15) is 5.75 Å². The molecule has 0 radical (unpaired) electrons. The summed E-state index contributed by atoms with van der Waals surface area (Å²) in [6, 6.07) is 3.19. The van der Waals surface area contributed by atoms with E-state index in [1.807, 2.05) is 0 Å². The summed E-state index contributed by atoms with van der Waals surface area (Å²) in [4.78, 5) is 12.5. The van der Waals surface area contributed by atoms with Crippen molar-refractivity contribution in [1.29, 1.82) is 0 Å². The maximum Gasteiger partial charge on any atom is 0.416 e. The van der Waals surface area contributed by atoms with E-state index >= 15 is 0 Å². The number of benzene rings is 1. The molecular formula is C17H16BrF3N6O4S. The van der Waals surface area contributed by atoms with Crippen LogP contribution < -0.4 is 9.47 Å². The molecule has 3 aromatic rings. The molecule has 0 amide bonds. The maximum atomic E-state index is 12.8. The van der Waals surface area contributed by atoms with Gasteiger partial charge in [-0.3, -0.25) is 0 Å². The fraction of sp³-hybridized carbons (Fsp3) is 0.412. The van der Waals surface area contributed by atoms with Crippen LogP contribution in [0.25, 0.3) is 10.8 Å². The maximum absolute atomic E-state index is 12.8. The van der Waals surface area contributed by atoms with Crippen LogP contribution in [0.15, 0.2) is 22.7 Å². The number of hydrogen-bond donors (Lipinski definition) is 0. The molecule has 2 aromatic heterocycles. The number of carbonyl (C=O) groups excluding carboxylic acids is 1. The van der Waals surface area contributed by atoms with Crippen LogP contribution in [-0.2, 0) is 22.3 Å². The molecule has 32 heavy (non-hydrogen) atoms. The zero-order valence-corrected chi connectivity index (χ0v) is 18.9. The van der Waals surface area contributed by atoms with Crippen LogP contribution in [0.4, 0.5) is 13.2 Å². The van der Waals surface area contributed by atoms with E-state index in [0.29, 0.717) is 15.9 Å². The topological polar surface area (TPSA) is 114 Å². The van der Waals surface area contributed by atoms with E-state index in [4.69, 9.17) is 14.2 Å². The number of ether oxygens (including phenoxy) is 3. The lowest BCUT2D eigenvalue weighted by atomic mass is 10.2. The predicted octanol–water partition coefficient (Wildman–Crippen LogP) is 3.38. The largest absolute Gasteiger partial charge is 0.492 e. The van der Waals surface area contributed by atoms with Crippen molar-refractivity contribution in [2.45, 2.75) is 26.1 Å². The highest BCUT2D eigenvalue weighted by molar-refractivity contribution is 9.10. The van der Waals surface area contributed by atoms with Gasteiger partial charge in [0.15, 0.2) is 11.6 Å². The molecule has 0 saturated heterocycles. The molecule has 10 nitrogen and oxygen atoms in total. The van der Waals surface area contributed by atoms with E-state index < -0.39 is 17.7 Å². The number of esters is 1. The second kappa shape index (κ2) is 10.7. The van der Waals surface area contributed by atoms with Crippen LogP contribution >= 0.6 is 27.3 Å².